The van der Waals surface area contributed by atoms with Crippen molar-refractivity contribution in [2.75, 3.05) is 18.0 Å². The second-order valence-electron chi connectivity index (χ2n) is 5.24. The van der Waals surface area contributed by atoms with E-state index in [4.69, 9.17) is 5.73 Å². The molecule has 1 aromatic heterocycles. The van der Waals surface area contributed by atoms with E-state index < -0.39 is 4.92 Å². The molecule has 0 bridgehead atoms. The molecule has 1 aromatic rings. The van der Waals surface area contributed by atoms with E-state index in [9.17, 15) is 10.1 Å². The summed E-state index contributed by atoms with van der Waals surface area (Å²) >= 11 is 0. The van der Waals surface area contributed by atoms with Gasteiger partial charge in [-0.1, -0.05) is 0 Å². The van der Waals surface area contributed by atoms with Gasteiger partial charge in [0, 0.05) is 25.2 Å². The van der Waals surface area contributed by atoms with Crippen molar-refractivity contribution in [3.05, 3.63) is 27.9 Å². The van der Waals surface area contributed by atoms with Gasteiger partial charge in [0.25, 0.3) is 5.69 Å². The van der Waals surface area contributed by atoms with Crippen molar-refractivity contribution in [2.24, 2.45) is 11.7 Å². The van der Waals surface area contributed by atoms with Gasteiger partial charge in [-0.3, -0.25) is 10.1 Å². The number of piperidine rings is 1. The first kappa shape index (κ1) is 13.7. The zero-order valence-corrected chi connectivity index (χ0v) is 11.4. The molecule has 0 radical (unpaired) electrons. The summed E-state index contributed by atoms with van der Waals surface area (Å²) in [5.74, 6) is 1.28. The first-order chi connectivity index (χ1) is 8.99. The molecule has 6 heteroatoms. The Balaban J connectivity index is 2.18. The second kappa shape index (κ2) is 5.52. The maximum Gasteiger partial charge on any atom is 0.290 e. The Bertz CT molecular complexity index is 476. The molecular weight excluding hydrogens is 244 g/mol. The highest BCUT2D eigenvalue weighted by molar-refractivity contribution is 5.47. The number of anilines is 1. The van der Waals surface area contributed by atoms with Gasteiger partial charge in [0.1, 0.15) is 11.5 Å². The standard InChI is InChI=1S/C13H20N4O2/c1-9(14)11-4-3-7-16(8-11)13-6-5-12(17(18)19)10(2)15-13/h5-6,9,11H,3-4,7-8,14H2,1-2H3. The summed E-state index contributed by atoms with van der Waals surface area (Å²) < 4.78 is 0. The normalized spacial score (nSPS) is 21.2. The molecule has 1 aliphatic rings. The number of pyridine rings is 1. The summed E-state index contributed by atoms with van der Waals surface area (Å²) in [4.78, 5) is 16.9. The molecule has 0 spiro atoms. The fourth-order valence-corrected chi connectivity index (χ4v) is 2.56. The molecule has 2 atom stereocenters. The monoisotopic (exact) mass is 264 g/mol. The largest absolute Gasteiger partial charge is 0.356 e. The van der Waals surface area contributed by atoms with Crippen molar-refractivity contribution in [1.82, 2.24) is 4.98 Å². The molecule has 2 heterocycles. The van der Waals surface area contributed by atoms with Crippen molar-refractivity contribution in [3.63, 3.8) is 0 Å². The van der Waals surface area contributed by atoms with Gasteiger partial charge < -0.3 is 10.6 Å². The molecule has 2 unspecified atom stereocenters. The third kappa shape index (κ3) is 3.01. The van der Waals surface area contributed by atoms with Crippen LogP contribution < -0.4 is 10.6 Å². The van der Waals surface area contributed by atoms with E-state index in [1.165, 1.54) is 6.07 Å². The Kier molecular flexibility index (Phi) is 3.99. The van der Waals surface area contributed by atoms with E-state index in [-0.39, 0.29) is 11.7 Å². The van der Waals surface area contributed by atoms with Crippen LogP contribution in [0.25, 0.3) is 0 Å². The summed E-state index contributed by atoms with van der Waals surface area (Å²) in [5, 5.41) is 10.8. The van der Waals surface area contributed by atoms with Crippen LogP contribution in [0.15, 0.2) is 12.1 Å². The van der Waals surface area contributed by atoms with E-state index in [0.29, 0.717) is 11.6 Å². The molecule has 2 N–H and O–H groups in total. The minimum Gasteiger partial charge on any atom is -0.356 e. The molecule has 19 heavy (non-hydrogen) atoms. The Morgan fingerprint density at radius 3 is 2.89 bits per heavy atom. The number of hydrogen-bond donors (Lipinski definition) is 1. The van der Waals surface area contributed by atoms with Gasteiger partial charge in [0.2, 0.25) is 0 Å². The number of rotatable bonds is 3. The minimum atomic E-state index is -0.396. The number of nitro groups is 1. The fraction of sp³-hybridized carbons (Fsp3) is 0.615. The molecule has 1 saturated heterocycles. The summed E-state index contributed by atoms with van der Waals surface area (Å²) in [6.07, 6.45) is 2.23. The average Bonchev–Trinajstić information content (AvgIpc) is 2.38. The predicted molar refractivity (Wildman–Crippen MR) is 74.2 cm³/mol. The van der Waals surface area contributed by atoms with Crippen LogP contribution in [0.5, 0.6) is 0 Å². The quantitative estimate of drug-likeness (QED) is 0.665. The average molecular weight is 264 g/mol. The zero-order chi connectivity index (χ0) is 14.0. The van der Waals surface area contributed by atoms with Crippen LogP contribution in [-0.2, 0) is 0 Å². The summed E-state index contributed by atoms with van der Waals surface area (Å²) in [6, 6.07) is 3.43. The molecular formula is C13H20N4O2. The van der Waals surface area contributed by atoms with Gasteiger partial charge in [0.15, 0.2) is 0 Å². The highest BCUT2D eigenvalue weighted by atomic mass is 16.6. The molecule has 0 saturated carbocycles. The number of hydrogen-bond acceptors (Lipinski definition) is 5. The highest BCUT2D eigenvalue weighted by Gasteiger charge is 2.24. The third-order valence-electron chi connectivity index (χ3n) is 3.77. The Morgan fingerprint density at radius 2 is 2.32 bits per heavy atom. The van der Waals surface area contributed by atoms with E-state index in [1.807, 2.05) is 6.92 Å². The van der Waals surface area contributed by atoms with Gasteiger partial charge in [-0.25, -0.2) is 4.98 Å². The molecule has 1 aliphatic heterocycles. The lowest BCUT2D eigenvalue weighted by atomic mass is 9.92. The molecule has 0 aromatic carbocycles. The highest BCUT2D eigenvalue weighted by Crippen LogP contribution is 2.25. The van der Waals surface area contributed by atoms with E-state index in [2.05, 4.69) is 9.88 Å². The van der Waals surface area contributed by atoms with Gasteiger partial charge in [-0.15, -0.1) is 0 Å². The van der Waals surface area contributed by atoms with Crippen molar-refractivity contribution in [2.45, 2.75) is 32.7 Å². The second-order valence-corrected chi connectivity index (χ2v) is 5.24. The number of aryl methyl sites for hydroxylation is 1. The van der Waals surface area contributed by atoms with Crippen LogP contribution in [0.2, 0.25) is 0 Å². The summed E-state index contributed by atoms with van der Waals surface area (Å²) in [6.45, 7) is 5.52. The van der Waals surface area contributed by atoms with Crippen LogP contribution in [0, 0.1) is 23.0 Å². The summed E-state index contributed by atoms with van der Waals surface area (Å²) in [7, 11) is 0. The topological polar surface area (TPSA) is 85.3 Å². The third-order valence-corrected chi connectivity index (χ3v) is 3.77. The van der Waals surface area contributed by atoms with Gasteiger partial charge in [0.05, 0.1) is 4.92 Å². The van der Waals surface area contributed by atoms with E-state index in [0.717, 1.165) is 31.7 Å². The van der Waals surface area contributed by atoms with Crippen LogP contribution in [0.1, 0.15) is 25.5 Å². The van der Waals surface area contributed by atoms with Crippen LogP contribution in [0.4, 0.5) is 11.5 Å². The molecule has 0 amide bonds. The number of nitrogens with two attached hydrogens (primary N) is 1. The van der Waals surface area contributed by atoms with E-state index >= 15 is 0 Å². The lowest BCUT2D eigenvalue weighted by Crippen LogP contribution is -2.42. The summed E-state index contributed by atoms with van der Waals surface area (Å²) in [5.41, 5.74) is 6.50. The first-order valence-electron chi connectivity index (χ1n) is 6.61. The van der Waals surface area contributed by atoms with Crippen molar-refractivity contribution in [3.8, 4) is 0 Å². The predicted octanol–water partition coefficient (Wildman–Crippen LogP) is 1.86. The lowest BCUT2D eigenvalue weighted by molar-refractivity contribution is -0.385. The minimum absolute atomic E-state index is 0.0736. The SMILES string of the molecule is Cc1nc(N2CCCC(C(C)N)C2)ccc1[N+](=O)[O-]. The molecule has 2 rings (SSSR count). The van der Waals surface area contributed by atoms with Crippen LogP contribution in [-0.4, -0.2) is 29.0 Å². The Hall–Kier alpha value is -1.69. The van der Waals surface area contributed by atoms with Gasteiger partial charge in [-0.05, 0) is 38.7 Å². The van der Waals surface area contributed by atoms with E-state index in [1.54, 1.807) is 13.0 Å². The van der Waals surface area contributed by atoms with Gasteiger partial charge >= 0.3 is 0 Å². The molecule has 6 nitrogen and oxygen atoms in total. The smallest absolute Gasteiger partial charge is 0.290 e. The lowest BCUT2D eigenvalue weighted by Gasteiger charge is -2.35. The molecule has 1 fully saturated rings. The van der Waals surface area contributed by atoms with Crippen LogP contribution >= 0.6 is 0 Å². The van der Waals surface area contributed by atoms with Crippen molar-refractivity contribution in [1.29, 1.82) is 0 Å². The first-order valence-corrected chi connectivity index (χ1v) is 6.61. The molecule has 104 valence electrons. The van der Waals surface area contributed by atoms with Gasteiger partial charge in [-0.2, -0.15) is 0 Å². The number of aromatic nitrogens is 1. The number of nitrogens with zero attached hydrogens (tertiary/aromatic N) is 3. The van der Waals surface area contributed by atoms with Crippen molar-refractivity contribution < 1.29 is 4.92 Å². The van der Waals surface area contributed by atoms with Crippen molar-refractivity contribution >= 4 is 11.5 Å². The molecule has 0 aliphatic carbocycles. The maximum absolute atomic E-state index is 10.8. The van der Waals surface area contributed by atoms with Crippen LogP contribution in [0.3, 0.4) is 0 Å². The Morgan fingerprint density at radius 1 is 1.58 bits per heavy atom. The fourth-order valence-electron chi connectivity index (χ4n) is 2.56. The maximum atomic E-state index is 10.8. The Labute approximate surface area is 112 Å². The zero-order valence-electron chi connectivity index (χ0n) is 11.4.